The molecule has 1 aromatic heterocycles. The van der Waals surface area contributed by atoms with Gasteiger partial charge in [0.05, 0.1) is 22.8 Å². The fourth-order valence-corrected chi connectivity index (χ4v) is 6.15. The summed E-state index contributed by atoms with van der Waals surface area (Å²) in [6.45, 7) is 0. The summed E-state index contributed by atoms with van der Waals surface area (Å²) in [6.07, 6.45) is 0.451. The minimum absolute atomic E-state index is 0.00244. The van der Waals surface area contributed by atoms with Crippen LogP contribution in [0.4, 0.5) is 4.39 Å². The van der Waals surface area contributed by atoms with Crippen LogP contribution in [0.15, 0.2) is 59.8 Å². The number of amides is 1. The molecule has 2 heterocycles. The summed E-state index contributed by atoms with van der Waals surface area (Å²) < 4.78 is 39.6. The van der Waals surface area contributed by atoms with E-state index in [0.717, 1.165) is 5.69 Å². The van der Waals surface area contributed by atoms with Gasteiger partial charge in [-0.1, -0.05) is 42.1 Å². The molecule has 31 heavy (non-hydrogen) atoms. The van der Waals surface area contributed by atoms with Crippen molar-refractivity contribution < 1.29 is 17.6 Å². The first-order valence-corrected chi connectivity index (χ1v) is 12.5. The number of carbonyl (C=O) groups is 1. The van der Waals surface area contributed by atoms with E-state index in [1.54, 1.807) is 29.8 Å². The van der Waals surface area contributed by atoms with Gasteiger partial charge in [0.15, 0.2) is 20.8 Å². The molecule has 1 fully saturated rings. The van der Waals surface area contributed by atoms with Crippen molar-refractivity contribution in [1.82, 2.24) is 19.7 Å². The molecule has 1 saturated heterocycles. The van der Waals surface area contributed by atoms with E-state index in [1.165, 1.54) is 22.7 Å². The quantitative estimate of drug-likeness (QED) is 0.526. The average molecular weight is 461 g/mol. The fourth-order valence-electron chi connectivity index (χ4n) is 3.50. The van der Waals surface area contributed by atoms with Gasteiger partial charge in [0.1, 0.15) is 5.82 Å². The number of para-hydroxylation sites is 1. The molecular weight excluding hydrogens is 439 g/mol. The maximum Gasteiger partial charge on any atom is 0.233 e. The Morgan fingerprint density at radius 3 is 2.55 bits per heavy atom. The monoisotopic (exact) mass is 460 g/mol. The predicted molar refractivity (Wildman–Crippen MR) is 117 cm³/mol. The summed E-state index contributed by atoms with van der Waals surface area (Å²) in [5.41, 5.74) is 1.06. The number of rotatable bonds is 6. The molecule has 1 aliphatic heterocycles. The van der Waals surface area contributed by atoms with Crippen LogP contribution in [0.5, 0.6) is 0 Å². The first kappa shape index (κ1) is 21.5. The molecule has 10 heteroatoms. The van der Waals surface area contributed by atoms with Crippen molar-refractivity contribution in [3.05, 3.63) is 60.4 Å². The number of thioether (sulfide) groups is 1. The summed E-state index contributed by atoms with van der Waals surface area (Å²) in [5, 5.41) is 8.84. The van der Waals surface area contributed by atoms with Crippen LogP contribution in [0.2, 0.25) is 0 Å². The predicted octanol–water partition coefficient (Wildman–Crippen LogP) is 2.81. The van der Waals surface area contributed by atoms with E-state index in [0.29, 0.717) is 23.0 Å². The van der Waals surface area contributed by atoms with Gasteiger partial charge in [-0.15, -0.1) is 10.2 Å². The van der Waals surface area contributed by atoms with Crippen LogP contribution in [0, 0.1) is 5.82 Å². The molecule has 0 spiro atoms. The number of nitrogens with zero attached hydrogens (tertiary/aromatic N) is 4. The Kier molecular flexibility index (Phi) is 6.10. The molecule has 1 atom stereocenters. The van der Waals surface area contributed by atoms with E-state index in [-0.39, 0.29) is 29.2 Å². The molecule has 0 aliphatic carbocycles. The van der Waals surface area contributed by atoms with Crippen molar-refractivity contribution >= 4 is 27.5 Å². The highest BCUT2D eigenvalue weighted by Crippen LogP contribution is 2.29. The van der Waals surface area contributed by atoms with Crippen LogP contribution in [-0.2, 0) is 14.6 Å². The fraction of sp³-hybridized carbons (Fsp3) is 0.286. The highest BCUT2D eigenvalue weighted by atomic mass is 32.2. The topological polar surface area (TPSA) is 85.2 Å². The van der Waals surface area contributed by atoms with Gasteiger partial charge >= 0.3 is 0 Å². The second-order valence-corrected chi connectivity index (χ2v) is 10.5. The normalized spacial score (nSPS) is 17.5. The third kappa shape index (κ3) is 4.64. The Morgan fingerprint density at radius 2 is 1.87 bits per heavy atom. The number of hydrogen-bond acceptors (Lipinski definition) is 6. The lowest BCUT2D eigenvalue weighted by molar-refractivity contribution is -0.128. The zero-order valence-corrected chi connectivity index (χ0v) is 18.4. The van der Waals surface area contributed by atoms with Gasteiger partial charge in [-0.3, -0.25) is 9.36 Å². The Balaban J connectivity index is 1.59. The van der Waals surface area contributed by atoms with Crippen LogP contribution in [0.1, 0.15) is 6.42 Å². The molecule has 162 valence electrons. The number of carbonyl (C=O) groups excluding carboxylic acids is 1. The average Bonchev–Trinajstić information content (AvgIpc) is 3.35. The maximum atomic E-state index is 14.4. The molecule has 0 saturated carbocycles. The summed E-state index contributed by atoms with van der Waals surface area (Å²) in [4.78, 5) is 14.2. The van der Waals surface area contributed by atoms with Crippen LogP contribution < -0.4 is 0 Å². The second-order valence-electron chi connectivity index (χ2n) is 7.31. The number of halogens is 1. The molecular formula is C21H21FN4O3S2. The van der Waals surface area contributed by atoms with Gasteiger partial charge in [-0.05, 0) is 30.7 Å². The summed E-state index contributed by atoms with van der Waals surface area (Å²) in [5.74, 6) is -0.0950. The van der Waals surface area contributed by atoms with Crippen LogP contribution >= 0.6 is 11.8 Å². The lowest BCUT2D eigenvalue weighted by Gasteiger charge is -2.23. The van der Waals surface area contributed by atoms with Gasteiger partial charge in [0.2, 0.25) is 5.91 Å². The molecule has 4 rings (SSSR count). The Labute approximate surface area is 184 Å². The zero-order valence-electron chi connectivity index (χ0n) is 16.8. The largest absolute Gasteiger partial charge is 0.341 e. The molecule has 0 N–H and O–H groups in total. The molecule has 3 aromatic rings. The van der Waals surface area contributed by atoms with Gasteiger partial charge in [0.25, 0.3) is 0 Å². The lowest BCUT2D eigenvalue weighted by Crippen LogP contribution is -2.38. The summed E-state index contributed by atoms with van der Waals surface area (Å²) in [7, 11) is -1.45. The van der Waals surface area contributed by atoms with Crippen molar-refractivity contribution in [2.24, 2.45) is 0 Å². The molecule has 1 amide bonds. The first-order chi connectivity index (χ1) is 14.9. The molecule has 0 unspecified atom stereocenters. The van der Waals surface area contributed by atoms with Crippen LogP contribution in [0.25, 0.3) is 17.1 Å². The smallest absolute Gasteiger partial charge is 0.233 e. The highest BCUT2D eigenvalue weighted by Gasteiger charge is 2.32. The third-order valence-corrected chi connectivity index (χ3v) is 7.90. The Morgan fingerprint density at radius 1 is 1.16 bits per heavy atom. The van der Waals surface area contributed by atoms with E-state index in [2.05, 4.69) is 10.2 Å². The van der Waals surface area contributed by atoms with E-state index in [1.807, 2.05) is 30.3 Å². The summed E-state index contributed by atoms with van der Waals surface area (Å²) in [6, 6.07) is 15.3. The number of benzene rings is 2. The van der Waals surface area contributed by atoms with E-state index < -0.39 is 15.7 Å². The Hall–Kier alpha value is -2.72. The van der Waals surface area contributed by atoms with Crippen molar-refractivity contribution in [2.45, 2.75) is 17.6 Å². The van der Waals surface area contributed by atoms with E-state index in [9.17, 15) is 17.6 Å². The third-order valence-electron chi connectivity index (χ3n) is 5.24. The Bertz CT molecular complexity index is 1200. The highest BCUT2D eigenvalue weighted by molar-refractivity contribution is 7.99. The summed E-state index contributed by atoms with van der Waals surface area (Å²) >= 11 is 1.18. The SMILES string of the molecule is CN(C(=O)CSc1nnc(-c2ccccc2F)n1-c1ccccc1)[C@H]1CCS(=O)(=O)C1. The standard InChI is InChI=1S/C21H21FN4O3S2/c1-25(16-11-12-31(28,29)14-16)19(27)13-30-21-24-23-20(17-9-5-6-10-18(17)22)26(21)15-7-3-2-4-8-15/h2-10,16H,11-14H2,1H3/t16-/m0/s1. The molecule has 2 aromatic carbocycles. The molecule has 1 aliphatic rings. The number of sulfone groups is 1. The second kappa shape index (κ2) is 8.80. The minimum Gasteiger partial charge on any atom is -0.341 e. The molecule has 0 bridgehead atoms. The van der Waals surface area contributed by atoms with E-state index in [4.69, 9.17) is 0 Å². The minimum atomic E-state index is -3.08. The zero-order chi connectivity index (χ0) is 22.0. The lowest BCUT2D eigenvalue weighted by atomic mass is 10.2. The van der Waals surface area contributed by atoms with Gasteiger partial charge < -0.3 is 4.90 Å². The molecule has 7 nitrogen and oxygen atoms in total. The maximum absolute atomic E-state index is 14.4. The first-order valence-electron chi connectivity index (χ1n) is 9.70. The van der Waals surface area contributed by atoms with Gasteiger partial charge in [-0.25, -0.2) is 12.8 Å². The van der Waals surface area contributed by atoms with Crippen molar-refractivity contribution in [2.75, 3.05) is 24.3 Å². The van der Waals surface area contributed by atoms with Crippen LogP contribution in [0.3, 0.4) is 0 Å². The van der Waals surface area contributed by atoms with Gasteiger partial charge in [0, 0.05) is 18.8 Å². The van der Waals surface area contributed by atoms with Crippen molar-refractivity contribution in [3.8, 4) is 17.1 Å². The number of aromatic nitrogens is 3. The number of hydrogen-bond donors (Lipinski definition) is 0. The van der Waals surface area contributed by atoms with Gasteiger partial charge in [-0.2, -0.15) is 0 Å². The molecule has 0 radical (unpaired) electrons. The van der Waals surface area contributed by atoms with Crippen molar-refractivity contribution in [1.29, 1.82) is 0 Å². The van der Waals surface area contributed by atoms with Crippen molar-refractivity contribution in [3.63, 3.8) is 0 Å². The van der Waals surface area contributed by atoms with E-state index >= 15 is 0 Å². The van der Waals surface area contributed by atoms with Crippen LogP contribution in [-0.4, -0.2) is 64.3 Å².